The summed E-state index contributed by atoms with van der Waals surface area (Å²) in [5.74, 6) is -1.33. The Labute approximate surface area is 212 Å². The van der Waals surface area contributed by atoms with Crippen LogP contribution in [0.15, 0.2) is 48.5 Å². The van der Waals surface area contributed by atoms with Gasteiger partial charge in [0.1, 0.15) is 6.61 Å². The Morgan fingerprint density at radius 1 is 0.667 bits per heavy atom. The van der Waals surface area contributed by atoms with Gasteiger partial charge in [-0.15, -0.1) is 0 Å². The van der Waals surface area contributed by atoms with E-state index in [4.69, 9.17) is 9.47 Å². The summed E-state index contributed by atoms with van der Waals surface area (Å²) in [5, 5.41) is 0. The number of alkyl halides is 3. The number of esters is 2. The van der Waals surface area contributed by atoms with Crippen molar-refractivity contribution in [2.45, 2.75) is 90.3 Å². The molecule has 0 fully saturated rings. The molecule has 0 aromatic heterocycles. The van der Waals surface area contributed by atoms with E-state index in [2.05, 4.69) is 6.92 Å². The first-order valence-corrected chi connectivity index (χ1v) is 12.9. The molecule has 0 unspecified atom stereocenters. The molecule has 0 spiro atoms. The topological polar surface area (TPSA) is 52.6 Å². The summed E-state index contributed by atoms with van der Waals surface area (Å²) >= 11 is 0. The first-order valence-electron chi connectivity index (χ1n) is 12.9. The van der Waals surface area contributed by atoms with Gasteiger partial charge in [0.2, 0.25) is 0 Å². The Morgan fingerprint density at radius 3 is 1.64 bits per heavy atom. The minimum absolute atomic E-state index is 0.0633. The number of carbonyl (C=O) groups excluding carboxylic acids is 2. The Kier molecular flexibility index (Phi) is 13.1. The summed E-state index contributed by atoms with van der Waals surface area (Å²) in [6, 6.07) is 10.6. The van der Waals surface area contributed by atoms with Gasteiger partial charge in [-0.25, -0.2) is 9.59 Å². The highest BCUT2D eigenvalue weighted by atomic mass is 19.4. The average molecular weight is 507 g/mol. The van der Waals surface area contributed by atoms with E-state index < -0.39 is 23.7 Å². The molecule has 0 aliphatic heterocycles. The Balaban J connectivity index is 1.70. The van der Waals surface area contributed by atoms with E-state index >= 15 is 0 Å². The third-order valence-electron chi connectivity index (χ3n) is 6.00. The molecular weight excluding hydrogens is 469 g/mol. The SMILES string of the molecule is CCCCCCCCCCCCCOC(=O)c1ccccc1C(=O)OCc1ccc(C(F)(F)F)cc1. The van der Waals surface area contributed by atoms with Gasteiger partial charge in [0.25, 0.3) is 0 Å². The van der Waals surface area contributed by atoms with Crippen LogP contribution in [0.1, 0.15) is 109 Å². The van der Waals surface area contributed by atoms with E-state index in [1.807, 2.05) is 0 Å². The van der Waals surface area contributed by atoms with Gasteiger partial charge in [0.15, 0.2) is 0 Å². The van der Waals surface area contributed by atoms with Gasteiger partial charge in [0, 0.05) is 0 Å². The lowest BCUT2D eigenvalue weighted by Crippen LogP contribution is -2.14. The summed E-state index contributed by atoms with van der Waals surface area (Å²) in [6.07, 6.45) is 8.72. The van der Waals surface area contributed by atoms with E-state index in [9.17, 15) is 22.8 Å². The smallest absolute Gasteiger partial charge is 0.416 e. The van der Waals surface area contributed by atoms with Crippen molar-refractivity contribution < 1.29 is 32.2 Å². The molecule has 36 heavy (non-hydrogen) atoms. The molecule has 0 bridgehead atoms. The maximum atomic E-state index is 12.7. The molecule has 0 N–H and O–H groups in total. The highest BCUT2D eigenvalue weighted by molar-refractivity contribution is 6.03. The fourth-order valence-electron chi connectivity index (χ4n) is 3.86. The predicted octanol–water partition coefficient (Wildman–Crippen LogP) is 8.53. The zero-order valence-corrected chi connectivity index (χ0v) is 21.1. The molecular formula is C29H37F3O4. The van der Waals surface area contributed by atoms with Crippen LogP contribution in [0.4, 0.5) is 13.2 Å². The van der Waals surface area contributed by atoms with Gasteiger partial charge in [-0.05, 0) is 36.2 Å². The lowest BCUT2D eigenvalue weighted by molar-refractivity contribution is -0.137. The normalized spacial score (nSPS) is 11.3. The maximum absolute atomic E-state index is 12.7. The lowest BCUT2D eigenvalue weighted by atomic mass is 10.1. The summed E-state index contributed by atoms with van der Waals surface area (Å²) in [7, 11) is 0. The molecule has 0 saturated carbocycles. The monoisotopic (exact) mass is 506 g/mol. The largest absolute Gasteiger partial charge is 0.462 e. The molecule has 0 atom stereocenters. The summed E-state index contributed by atoms with van der Waals surface area (Å²) < 4.78 is 48.6. The molecule has 0 aliphatic carbocycles. The molecule has 7 heteroatoms. The maximum Gasteiger partial charge on any atom is 0.416 e. The van der Waals surface area contributed by atoms with Crippen molar-refractivity contribution in [1.82, 2.24) is 0 Å². The van der Waals surface area contributed by atoms with Crippen LogP contribution in [0.25, 0.3) is 0 Å². The molecule has 0 aliphatic rings. The number of hydrogen-bond donors (Lipinski definition) is 0. The molecule has 0 saturated heterocycles. The molecule has 0 radical (unpaired) electrons. The second kappa shape index (κ2) is 16.0. The number of unbranched alkanes of at least 4 members (excludes halogenated alkanes) is 10. The Hall–Kier alpha value is -2.83. The second-order valence-corrected chi connectivity index (χ2v) is 8.99. The number of carbonyl (C=O) groups is 2. The van der Waals surface area contributed by atoms with Crippen LogP contribution in [0, 0.1) is 0 Å². The summed E-state index contributed by atoms with van der Waals surface area (Å²) in [4.78, 5) is 25.1. The van der Waals surface area contributed by atoms with Crippen LogP contribution in [0.2, 0.25) is 0 Å². The van der Waals surface area contributed by atoms with E-state index in [1.54, 1.807) is 12.1 Å². The first-order chi connectivity index (χ1) is 17.3. The molecule has 0 heterocycles. The zero-order valence-electron chi connectivity index (χ0n) is 21.1. The number of hydrogen-bond acceptors (Lipinski definition) is 4. The van der Waals surface area contributed by atoms with E-state index in [0.29, 0.717) is 5.56 Å². The van der Waals surface area contributed by atoms with Gasteiger partial charge < -0.3 is 9.47 Å². The summed E-state index contributed by atoms with van der Waals surface area (Å²) in [6.45, 7) is 2.30. The van der Waals surface area contributed by atoms with Gasteiger partial charge in [0.05, 0.1) is 23.3 Å². The lowest BCUT2D eigenvalue weighted by Gasteiger charge is -2.11. The minimum Gasteiger partial charge on any atom is -0.462 e. The van der Waals surface area contributed by atoms with E-state index in [1.165, 1.54) is 75.6 Å². The third-order valence-corrected chi connectivity index (χ3v) is 6.00. The zero-order chi connectivity index (χ0) is 26.2. The van der Waals surface area contributed by atoms with Crippen LogP contribution in [0.3, 0.4) is 0 Å². The Morgan fingerprint density at radius 2 is 1.14 bits per heavy atom. The predicted molar refractivity (Wildman–Crippen MR) is 134 cm³/mol. The standard InChI is InChI=1S/C29H37F3O4/c1-2-3-4-5-6-7-8-9-10-11-14-21-35-27(33)25-15-12-13-16-26(25)28(34)36-22-23-17-19-24(20-18-23)29(30,31)32/h12-13,15-20H,2-11,14,21-22H2,1H3. The number of ether oxygens (including phenoxy) is 2. The van der Waals surface area contributed by atoms with Crippen LogP contribution < -0.4 is 0 Å². The number of benzene rings is 2. The fourth-order valence-corrected chi connectivity index (χ4v) is 3.86. The van der Waals surface area contributed by atoms with Crippen molar-refractivity contribution in [2.24, 2.45) is 0 Å². The molecule has 2 aromatic rings. The first kappa shape index (κ1) is 29.4. The van der Waals surface area contributed by atoms with Crippen LogP contribution >= 0.6 is 0 Å². The number of halogens is 3. The molecule has 2 rings (SSSR count). The van der Waals surface area contributed by atoms with E-state index in [-0.39, 0.29) is 24.3 Å². The van der Waals surface area contributed by atoms with Crippen molar-refractivity contribution in [2.75, 3.05) is 6.61 Å². The van der Waals surface area contributed by atoms with Crippen LogP contribution in [-0.4, -0.2) is 18.5 Å². The van der Waals surface area contributed by atoms with Gasteiger partial charge in [-0.3, -0.25) is 0 Å². The van der Waals surface area contributed by atoms with Gasteiger partial charge in [-0.2, -0.15) is 13.2 Å². The minimum atomic E-state index is -4.43. The Bertz CT molecular complexity index is 923. The molecule has 198 valence electrons. The summed E-state index contributed by atoms with van der Waals surface area (Å²) in [5.41, 5.74) is -0.192. The molecule has 0 amide bonds. The van der Waals surface area contributed by atoms with Crippen molar-refractivity contribution >= 4 is 11.9 Å². The van der Waals surface area contributed by atoms with Gasteiger partial charge >= 0.3 is 18.1 Å². The third kappa shape index (κ3) is 10.8. The van der Waals surface area contributed by atoms with Crippen molar-refractivity contribution in [3.05, 3.63) is 70.8 Å². The highest BCUT2D eigenvalue weighted by Gasteiger charge is 2.30. The van der Waals surface area contributed by atoms with Crippen LogP contribution in [-0.2, 0) is 22.3 Å². The molecule has 4 nitrogen and oxygen atoms in total. The van der Waals surface area contributed by atoms with Crippen molar-refractivity contribution in [3.63, 3.8) is 0 Å². The highest BCUT2D eigenvalue weighted by Crippen LogP contribution is 2.29. The average Bonchev–Trinajstić information content (AvgIpc) is 2.87. The van der Waals surface area contributed by atoms with Crippen molar-refractivity contribution in [3.8, 4) is 0 Å². The number of rotatable bonds is 16. The van der Waals surface area contributed by atoms with Crippen LogP contribution in [0.5, 0.6) is 0 Å². The second-order valence-electron chi connectivity index (χ2n) is 8.99. The fraction of sp³-hybridized carbons (Fsp3) is 0.517. The van der Waals surface area contributed by atoms with Gasteiger partial charge in [-0.1, -0.05) is 95.4 Å². The quantitative estimate of drug-likeness (QED) is 0.169. The van der Waals surface area contributed by atoms with Crippen molar-refractivity contribution in [1.29, 1.82) is 0 Å². The molecule has 2 aromatic carbocycles. The van der Waals surface area contributed by atoms with E-state index in [0.717, 1.165) is 31.4 Å².